The maximum absolute atomic E-state index is 11.9. The summed E-state index contributed by atoms with van der Waals surface area (Å²) >= 11 is 5.71. The van der Waals surface area contributed by atoms with Gasteiger partial charge in [0.05, 0.1) is 18.0 Å². The summed E-state index contributed by atoms with van der Waals surface area (Å²) in [6.45, 7) is -0.0142. The van der Waals surface area contributed by atoms with Crippen LogP contribution in [0.3, 0.4) is 0 Å². The highest BCUT2D eigenvalue weighted by atomic mass is 35.5. The van der Waals surface area contributed by atoms with Gasteiger partial charge in [-0.05, 0) is 6.07 Å². The Hall–Kier alpha value is -2.22. The van der Waals surface area contributed by atoms with Gasteiger partial charge in [0.25, 0.3) is 0 Å². The molecule has 1 saturated heterocycles. The van der Waals surface area contributed by atoms with E-state index < -0.39 is 22.7 Å². The van der Waals surface area contributed by atoms with E-state index in [9.17, 15) is 19.7 Å². The summed E-state index contributed by atoms with van der Waals surface area (Å²) in [5.74, 6) is -1.78. The predicted octanol–water partition coefficient (Wildman–Crippen LogP) is 1.17. The van der Waals surface area contributed by atoms with Crippen LogP contribution in [0.2, 0.25) is 5.15 Å². The molecule has 1 aromatic heterocycles. The highest BCUT2D eigenvalue weighted by Gasteiger charge is 2.39. The first-order valence-electron chi connectivity index (χ1n) is 5.63. The molecule has 0 spiro atoms. The number of esters is 1. The van der Waals surface area contributed by atoms with Gasteiger partial charge in [-0.2, -0.15) is 0 Å². The number of nitrogens with zero attached hydrogens (tertiary/aromatic N) is 3. The molecule has 0 saturated carbocycles. The summed E-state index contributed by atoms with van der Waals surface area (Å²) in [5.41, 5.74) is -0.340. The number of ether oxygens (including phenoxy) is 1. The van der Waals surface area contributed by atoms with Crippen molar-refractivity contribution in [2.24, 2.45) is 5.92 Å². The number of rotatable bonds is 3. The van der Waals surface area contributed by atoms with Crippen molar-refractivity contribution in [1.82, 2.24) is 4.98 Å². The minimum Gasteiger partial charge on any atom is -0.469 e. The lowest BCUT2D eigenvalue weighted by molar-refractivity contribution is -0.384. The van der Waals surface area contributed by atoms with Crippen LogP contribution in [-0.2, 0) is 14.3 Å². The Morgan fingerprint density at radius 1 is 1.60 bits per heavy atom. The van der Waals surface area contributed by atoms with E-state index in [0.29, 0.717) is 0 Å². The SMILES string of the molecule is COC(=O)C1CC(=O)N(c2nc(Cl)ccc2[N+](=O)[O-])C1. The molecule has 0 N–H and O–H groups in total. The smallest absolute Gasteiger partial charge is 0.312 e. The van der Waals surface area contributed by atoms with Gasteiger partial charge >= 0.3 is 11.7 Å². The second kappa shape index (κ2) is 5.41. The van der Waals surface area contributed by atoms with E-state index in [1.165, 1.54) is 19.2 Å². The van der Waals surface area contributed by atoms with Crippen molar-refractivity contribution in [1.29, 1.82) is 0 Å². The van der Waals surface area contributed by atoms with E-state index in [0.717, 1.165) is 4.90 Å². The zero-order valence-corrected chi connectivity index (χ0v) is 11.2. The number of amides is 1. The van der Waals surface area contributed by atoms with Gasteiger partial charge in [0.2, 0.25) is 11.7 Å². The number of carbonyl (C=O) groups is 2. The Morgan fingerprint density at radius 3 is 2.90 bits per heavy atom. The number of hydrogen-bond acceptors (Lipinski definition) is 6. The molecule has 1 fully saturated rings. The van der Waals surface area contributed by atoms with Gasteiger partial charge in [0, 0.05) is 19.0 Å². The molecule has 0 aromatic carbocycles. The third-order valence-corrected chi connectivity index (χ3v) is 3.14. The van der Waals surface area contributed by atoms with E-state index >= 15 is 0 Å². The van der Waals surface area contributed by atoms with Gasteiger partial charge in [0.15, 0.2) is 0 Å². The number of carbonyl (C=O) groups excluding carboxylic acids is 2. The molecule has 1 aliphatic heterocycles. The van der Waals surface area contributed by atoms with Crippen molar-refractivity contribution in [3.8, 4) is 0 Å². The van der Waals surface area contributed by atoms with Gasteiger partial charge in [-0.15, -0.1) is 0 Å². The molecule has 20 heavy (non-hydrogen) atoms. The van der Waals surface area contributed by atoms with Gasteiger partial charge in [0.1, 0.15) is 5.15 Å². The van der Waals surface area contributed by atoms with Crippen LogP contribution in [0.5, 0.6) is 0 Å². The number of hydrogen-bond donors (Lipinski definition) is 0. The molecule has 1 unspecified atom stereocenters. The Morgan fingerprint density at radius 2 is 2.30 bits per heavy atom. The minimum atomic E-state index is -0.659. The molecule has 2 rings (SSSR count). The predicted molar refractivity (Wildman–Crippen MR) is 68.4 cm³/mol. The van der Waals surface area contributed by atoms with Gasteiger partial charge in [-0.3, -0.25) is 24.6 Å². The molecule has 0 bridgehead atoms. The molecule has 1 atom stereocenters. The van der Waals surface area contributed by atoms with E-state index in [2.05, 4.69) is 9.72 Å². The maximum Gasteiger partial charge on any atom is 0.312 e. The largest absolute Gasteiger partial charge is 0.469 e. The fraction of sp³-hybridized carbons (Fsp3) is 0.364. The van der Waals surface area contributed by atoms with Gasteiger partial charge < -0.3 is 4.74 Å². The lowest BCUT2D eigenvalue weighted by atomic mass is 10.1. The van der Waals surface area contributed by atoms with Crippen molar-refractivity contribution in [3.05, 3.63) is 27.4 Å². The molecule has 0 aliphatic carbocycles. The third-order valence-electron chi connectivity index (χ3n) is 2.93. The zero-order chi connectivity index (χ0) is 14.9. The monoisotopic (exact) mass is 299 g/mol. The highest BCUT2D eigenvalue weighted by Crippen LogP contribution is 2.32. The molecular weight excluding hydrogens is 290 g/mol. The third kappa shape index (κ3) is 2.55. The van der Waals surface area contributed by atoms with Crippen molar-refractivity contribution < 1.29 is 19.2 Å². The Balaban J connectivity index is 2.37. The molecule has 1 aromatic rings. The summed E-state index contributed by atoms with van der Waals surface area (Å²) in [6, 6.07) is 2.44. The molecule has 2 heterocycles. The van der Waals surface area contributed by atoms with Crippen molar-refractivity contribution in [2.75, 3.05) is 18.6 Å². The van der Waals surface area contributed by atoms with Crippen LogP contribution in [0.1, 0.15) is 6.42 Å². The summed E-state index contributed by atoms with van der Waals surface area (Å²) in [6.07, 6.45) is -0.0714. The quantitative estimate of drug-likeness (QED) is 0.359. The van der Waals surface area contributed by atoms with Crippen LogP contribution in [-0.4, -0.2) is 35.4 Å². The van der Waals surface area contributed by atoms with E-state index in [1.54, 1.807) is 0 Å². The Kier molecular flexibility index (Phi) is 3.84. The van der Waals surface area contributed by atoms with Crippen LogP contribution < -0.4 is 4.90 Å². The number of aromatic nitrogens is 1. The van der Waals surface area contributed by atoms with Crippen molar-refractivity contribution in [3.63, 3.8) is 0 Å². The molecule has 1 aliphatic rings. The molecule has 106 valence electrons. The normalized spacial score (nSPS) is 18.2. The molecular formula is C11H10ClN3O5. The lowest BCUT2D eigenvalue weighted by Crippen LogP contribution is -2.27. The van der Waals surface area contributed by atoms with E-state index in [-0.39, 0.29) is 29.6 Å². The highest BCUT2D eigenvalue weighted by molar-refractivity contribution is 6.29. The standard InChI is InChI=1S/C11H10ClN3O5/c1-20-11(17)6-4-9(16)14(5-6)10-7(15(18)19)2-3-8(12)13-10/h2-3,6H,4-5H2,1H3. The second-order valence-electron chi connectivity index (χ2n) is 4.16. The van der Waals surface area contributed by atoms with E-state index in [1.807, 2.05) is 0 Å². The minimum absolute atomic E-state index is 0.0142. The average Bonchev–Trinajstić information content (AvgIpc) is 2.79. The van der Waals surface area contributed by atoms with Crippen LogP contribution >= 0.6 is 11.6 Å². The zero-order valence-electron chi connectivity index (χ0n) is 10.4. The first-order valence-corrected chi connectivity index (χ1v) is 6.01. The fourth-order valence-electron chi connectivity index (χ4n) is 2.00. The summed E-state index contributed by atoms with van der Waals surface area (Å²) < 4.78 is 4.57. The van der Waals surface area contributed by atoms with Crippen LogP contribution in [0.25, 0.3) is 0 Å². The number of halogens is 1. The topological polar surface area (TPSA) is 103 Å². The average molecular weight is 300 g/mol. The number of anilines is 1. The number of nitro groups is 1. The van der Waals surface area contributed by atoms with E-state index in [4.69, 9.17) is 11.6 Å². The van der Waals surface area contributed by atoms with Crippen LogP contribution in [0, 0.1) is 16.0 Å². The molecule has 8 nitrogen and oxygen atoms in total. The summed E-state index contributed by atoms with van der Waals surface area (Å²) in [5, 5.41) is 11.0. The Bertz CT molecular complexity index is 591. The van der Waals surface area contributed by atoms with Gasteiger partial charge in [-0.25, -0.2) is 4.98 Å². The number of methoxy groups -OCH3 is 1. The fourth-order valence-corrected chi connectivity index (χ4v) is 2.14. The molecule has 1 amide bonds. The van der Waals surface area contributed by atoms with Crippen LogP contribution in [0.4, 0.5) is 11.5 Å². The lowest BCUT2D eigenvalue weighted by Gasteiger charge is -2.15. The number of pyridine rings is 1. The first-order chi connectivity index (χ1) is 9.43. The van der Waals surface area contributed by atoms with Crippen LogP contribution in [0.15, 0.2) is 12.1 Å². The first kappa shape index (κ1) is 14.2. The van der Waals surface area contributed by atoms with Crippen molar-refractivity contribution in [2.45, 2.75) is 6.42 Å². The molecule has 9 heteroatoms. The summed E-state index contributed by atoms with van der Waals surface area (Å²) in [7, 11) is 1.22. The Labute approximate surface area is 118 Å². The van der Waals surface area contributed by atoms with Crippen molar-refractivity contribution >= 4 is 35.0 Å². The second-order valence-corrected chi connectivity index (χ2v) is 4.55. The maximum atomic E-state index is 11.9. The molecule has 0 radical (unpaired) electrons. The van der Waals surface area contributed by atoms with Gasteiger partial charge in [-0.1, -0.05) is 11.6 Å². The summed E-state index contributed by atoms with van der Waals surface area (Å²) in [4.78, 5) is 38.6.